The minimum absolute atomic E-state index is 0. The molecule has 1 heterocycles. The zero-order valence-corrected chi connectivity index (χ0v) is 14.2. The SMILES string of the molecule is CCOC1CC(N)(C(=O)N2CCC(C)(C)C2)C1(C)C.Cl. The number of amides is 1. The van der Waals surface area contributed by atoms with Crippen LogP contribution in [0.25, 0.3) is 0 Å². The van der Waals surface area contributed by atoms with E-state index in [1.807, 2.05) is 11.8 Å². The van der Waals surface area contributed by atoms with Gasteiger partial charge < -0.3 is 15.4 Å². The molecule has 5 heteroatoms. The average Bonchev–Trinajstić information content (AvgIpc) is 2.68. The molecule has 0 aromatic carbocycles. The number of carbonyl (C=O) groups is 1. The monoisotopic (exact) mass is 304 g/mol. The van der Waals surface area contributed by atoms with Crippen molar-refractivity contribution in [3.05, 3.63) is 0 Å². The summed E-state index contributed by atoms with van der Waals surface area (Å²) in [7, 11) is 0. The van der Waals surface area contributed by atoms with Crippen molar-refractivity contribution < 1.29 is 9.53 Å². The van der Waals surface area contributed by atoms with E-state index in [9.17, 15) is 4.79 Å². The quantitative estimate of drug-likeness (QED) is 0.869. The second-order valence-corrected chi connectivity index (χ2v) is 7.48. The zero-order valence-electron chi connectivity index (χ0n) is 13.4. The van der Waals surface area contributed by atoms with Crippen molar-refractivity contribution >= 4 is 18.3 Å². The van der Waals surface area contributed by atoms with Crippen molar-refractivity contribution in [2.45, 2.75) is 59.1 Å². The molecule has 2 aliphatic rings. The highest BCUT2D eigenvalue weighted by Crippen LogP contribution is 2.51. The van der Waals surface area contributed by atoms with Gasteiger partial charge in [-0.3, -0.25) is 4.79 Å². The van der Waals surface area contributed by atoms with E-state index < -0.39 is 5.54 Å². The molecular weight excluding hydrogens is 276 g/mol. The van der Waals surface area contributed by atoms with Crippen molar-refractivity contribution in [1.29, 1.82) is 0 Å². The van der Waals surface area contributed by atoms with Gasteiger partial charge in [-0.15, -0.1) is 12.4 Å². The molecule has 0 aromatic heterocycles. The number of hydrogen-bond donors (Lipinski definition) is 1. The molecule has 2 atom stereocenters. The van der Waals surface area contributed by atoms with E-state index in [-0.39, 0.29) is 35.2 Å². The Morgan fingerprint density at radius 1 is 1.35 bits per heavy atom. The van der Waals surface area contributed by atoms with Crippen LogP contribution >= 0.6 is 12.4 Å². The summed E-state index contributed by atoms with van der Waals surface area (Å²) < 4.78 is 5.69. The number of likely N-dealkylation sites (tertiary alicyclic amines) is 1. The summed E-state index contributed by atoms with van der Waals surface area (Å²) in [4.78, 5) is 14.7. The van der Waals surface area contributed by atoms with Crippen LogP contribution < -0.4 is 5.73 Å². The predicted molar refractivity (Wildman–Crippen MR) is 83.0 cm³/mol. The Balaban J connectivity index is 0.00000200. The molecule has 20 heavy (non-hydrogen) atoms. The summed E-state index contributed by atoms with van der Waals surface area (Å²) >= 11 is 0. The Kier molecular flexibility index (Phi) is 4.85. The Labute approximate surface area is 128 Å². The molecular formula is C15H29ClN2O2. The fourth-order valence-corrected chi connectivity index (χ4v) is 3.37. The minimum atomic E-state index is -0.757. The molecule has 1 amide bonds. The van der Waals surface area contributed by atoms with E-state index in [0.717, 1.165) is 19.5 Å². The van der Waals surface area contributed by atoms with Crippen molar-refractivity contribution in [2.24, 2.45) is 16.6 Å². The lowest BCUT2D eigenvalue weighted by Gasteiger charge is -2.58. The largest absolute Gasteiger partial charge is 0.378 e. The third kappa shape index (κ3) is 2.58. The molecule has 2 unspecified atom stereocenters. The predicted octanol–water partition coefficient (Wildman–Crippen LogP) is 2.20. The zero-order chi connectivity index (χ0) is 14.5. The van der Waals surface area contributed by atoms with Crippen LogP contribution in [-0.2, 0) is 9.53 Å². The number of carbonyl (C=O) groups excluding carboxylic acids is 1. The molecule has 1 aliphatic heterocycles. The summed E-state index contributed by atoms with van der Waals surface area (Å²) in [6.45, 7) is 12.8. The fraction of sp³-hybridized carbons (Fsp3) is 0.933. The highest BCUT2D eigenvalue weighted by atomic mass is 35.5. The van der Waals surface area contributed by atoms with Gasteiger partial charge in [-0.2, -0.15) is 0 Å². The molecule has 118 valence electrons. The Morgan fingerprint density at radius 2 is 1.95 bits per heavy atom. The Bertz CT molecular complexity index is 384. The van der Waals surface area contributed by atoms with E-state index in [2.05, 4.69) is 27.7 Å². The summed E-state index contributed by atoms with van der Waals surface area (Å²) in [5.74, 6) is 0.110. The second-order valence-electron chi connectivity index (χ2n) is 7.48. The minimum Gasteiger partial charge on any atom is -0.378 e. The first-order valence-corrected chi connectivity index (χ1v) is 7.34. The summed E-state index contributed by atoms with van der Waals surface area (Å²) in [6, 6.07) is 0. The second kappa shape index (κ2) is 5.47. The molecule has 1 saturated heterocycles. The Hall–Kier alpha value is -0.320. The molecule has 2 N–H and O–H groups in total. The van der Waals surface area contributed by atoms with Crippen LogP contribution in [0.2, 0.25) is 0 Å². The van der Waals surface area contributed by atoms with Gasteiger partial charge >= 0.3 is 0 Å². The van der Waals surface area contributed by atoms with E-state index >= 15 is 0 Å². The van der Waals surface area contributed by atoms with E-state index in [4.69, 9.17) is 10.5 Å². The number of halogens is 1. The number of hydrogen-bond acceptors (Lipinski definition) is 3. The van der Waals surface area contributed by atoms with Crippen molar-refractivity contribution in [3.63, 3.8) is 0 Å². The Morgan fingerprint density at radius 3 is 2.35 bits per heavy atom. The first kappa shape index (κ1) is 17.7. The van der Waals surface area contributed by atoms with Gasteiger partial charge in [0.1, 0.15) is 5.54 Å². The lowest BCUT2D eigenvalue weighted by molar-refractivity contribution is -0.178. The first-order chi connectivity index (χ1) is 8.64. The van der Waals surface area contributed by atoms with Crippen LogP contribution in [0.1, 0.15) is 47.5 Å². The summed E-state index contributed by atoms with van der Waals surface area (Å²) in [5, 5.41) is 0. The standard InChI is InChI=1S/C15H28N2O2.ClH/c1-6-19-11-9-15(16,14(11,4)5)12(18)17-8-7-13(2,3)10-17;/h11H,6-10,16H2,1-5H3;1H. The number of rotatable bonds is 3. The van der Waals surface area contributed by atoms with Gasteiger partial charge in [0, 0.05) is 31.5 Å². The van der Waals surface area contributed by atoms with Crippen molar-refractivity contribution in [3.8, 4) is 0 Å². The van der Waals surface area contributed by atoms with Crippen LogP contribution in [0.5, 0.6) is 0 Å². The topological polar surface area (TPSA) is 55.6 Å². The maximum absolute atomic E-state index is 12.7. The van der Waals surface area contributed by atoms with Gasteiger partial charge in [-0.05, 0) is 18.8 Å². The van der Waals surface area contributed by atoms with Gasteiger partial charge in [-0.1, -0.05) is 27.7 Å². The third-order valence-electron chi connectivity index (χ3n) is 5.18. The van der Waals surface area contributed by atoms with Gasteiger partial charge in [0.2, 0.25) is 5.91 Å². The molecule has 0 aromatic rings. The van der Waals surface area contributed by atoms with E-state index in [1.54, 1.807) is 0 Å². The average molecular weight is 305 g/mol. The van der Waals surface area contributed by atoms with Crippen LogP contribution in [-0.4, -0.2) is 42.1 Å². The van der Waals surface area contributed by atoms with Crippen LogP contribution in [0, 0.1) is 10.8 Å². The normalized spacial score (nSPS) is 34.3. The van der Waals surface area contributed by atoms with Gasteiger partial charge in [-0.25, -0.2) is 0 Å². The van der Waals surface area contributed by atoms with Crippen molar-refractivity contribution in [2.75, 3.05) is 19.7 Å². The van der Waals surface area contributed by atoms with Gasteiger partial charge in [0.05, 0.1) is 6.10 Å². The van der Waals surface area contributed by atoms with E-state index in [1.165, 1.54) is 0 Å². The van der Waals surface area contributed by atoms with Gasteiger partial charge in [0.15, 0.2) is 0 Å². The maximum atomic E-state index is 12.7. The molecule has 0 radical (unpaired) electrons. The lowest BCUT2D eigenvalue weighted by atomic mass is 9.54. The van der Waals surface area contributed by atoms with Crippen molar-refractivity contribution in [1.82, 2.24) is 4.90 Å². The molecule has 4 nitrogen and oxygen atoms in total. The molecule has 0 spiro atoms. The number of nitrogens with two attached hydrogens (primary N) is 1. The maximum Gasteiger partial charge on any atom is 0.243 e. The first-order valence-electron chi connectivity index (χ1n) is 7.34. The van der Waals surface area contributed by atoms with Crippen LogP contribution in [0.4, 0.5) is 0 Å². The molecule has 2 fully saturated rings. The summed E-state index contributed by atoms with van der Waals surface area (Å²) in [6.07, 6.45) is 1.80. The lowest BCUT2D eigenvalue weighted by Crippen LogP contribution is -2.76. The summed E-state index contributed by atoms with van der Waals surface area (Å²) in [5.41, 5.74) is 5.62. The third-order valence-corrected chi connectivity index (χ3v) is 5.18. The fourth-order valence-electron chi connectivity index (χ4n) is 3.37. The smallest absolute Gasteiger partial charge is 0.243 e. The number of ether oxygens (including phenoxy) is 1. The molecule has 1 aliphatic carbocycles. The molecule has 1 saturated carbocycles. The molecule has 0 bridgehead atoms. The highest BCUT2D eigenvalue weighted by molar-refractivity contribution is 5.89. The van der Waals surface area contributed by atoms with Crippen LogP contribution in [0.3, 0.4) is 0 Å². The molecule has 2 rings (SSSR count). The van der Waals surface area contributed by atoms with E-state index in [0.29, 0.717) is 13.0 Å². The number of nitrogens with zero attached hydrogens (tertiary/aromatic N) is 1. The van der Waals surface area contributed by atoms with Gasteiger partial charge in [0.25, 0.3) is 0 Å². The highest BCUT2D eigenvalue weighted by Gasteiger charge is 2.64. The van der Waals surface area contributed by atoms with Crippen LogP contribution in [0.15, 0.2) is 0 Å².